The number of rotatable bonds is 7. The minimum atomic E-state index is -0.676. The smallest absolute Gasteiger partial charge is 0.255 e. The van der Waals surface area contributed by atoms with Crippen LogP contribution in [-0.4, -0.2) is 18.4 Å². The van der Waals surface area contributed by atoms with Gasteiger partial charge < -0.3 is 15.4 Å². The molecular formula is C25H26N2O3. The molecule has 0 atom stereocenters. The van der Waals surface area contributed by atoms with E-state index in [1.165, 1.54) is 0 Å². The Kier molecular flexibility index (Phi) is 6.52. The zero-order valence-corrected chi connectivity index (χ0v) is 17.4. The summed E-state index contributed by atoms with van der Waals surface area (Å²) in [7, 11) is 0. The van der Waals surface area contributed by atoms with Crippen molar-refractivity contribution in [1.82, 2.24) is 0 Å². The molecule has 3 aromatic rings. The second kappa shape index (κ2) is 9.27. The monoisotopic (exact) mass is 402 g/mol. The van der Waals surface area contributed by atoms with Crippen LogP contribution in [0.4, 0.5) is 11.4 Å². The molecule has 0 aliphatic heterocycles. The van der Waals surface area contributed by atoms with E-state index in [0.29, 0.717) is 23.5 Å². The van der Waals surface area contributed by atoms with Crippen LogP contribution in [0, 0.1) is 0 Å². The third-order valence-electron chi connectivity index (χ3n) is 4.89. The third-order valence-corrected chi connectivity index (χ3v) is 4.89. The maximum absolute atomic E-state index is 12.8. The second-order valence-electron chi connectivity index (χ2n) is 7.43. The Balaban J connectivity index is 1.63. The standard InChI is InChI=1S/C25H26N2O3/c1-4-30-22-16-14-20(15-17-22)26-23(28)18-10-12-21(13-11-18)27-24(29)25(2,3)19-8-6-5-7-9-19/h5-17H,4H2,1-3H3,(H,26,28)(H,27,29). The first kappa shape index (κ1) is 21.1. The van der Waals surface area contributed by atoms with Gasteiger partial charge in [-0.15, -0.1) is 0 Å². The number of anilines is 2. The summed E-state index contributed by atoms with van der Waals surface area (Å²) in [4.78, 5) is 25.2. The maximum atomic E-state index is 12.8. The Bertz CT molecular complexity index is 995. The Hall–Kier alpha value is -3.60. The minimum absolute atomic E-state index is 0.111. The van der Waals surface area contributed by atoms with Crippen LogP contribution in [0.15, 0.2) is 78.9 Å². The molecule has 5 heteroatoms. The average Bonchev–Trinajstić information content (AvgIpc) is 2.76. The Morgan fingerprint density at radius 3 is 1.97 bits per heavy atom. The molecule has 0 spiro atoms. The van der Waals surface area contributed by atoms with Gasteiger partial charge in [-0.05, 0) is 74.9 Å². The first-order valence-electron chi connectivity index (χ1n) is 9.91. The lowest BCUT2D eigenvalue weighted by Crippen LogP contribution is -2.34. The van der Waals surface area contributed by atoms with Crippen LogP contribution in [0.3, 0.4) is 0 Å². The summed E-state index contributed by atoms with van der Waals surface area (Å²) in [6, 6.07) is 23.7. The molecule has 0 saturated carbocycles. The van der Waals surface area contributed by atoms with Crippen LogP contribution in [0.2, 0.25) is 0 Å². The van der Waals surface area contributed by atoms with Gasteiger partial charge in [0.15, 0.2) is 0 Å². The lowest BCUT2D eigenvalue weighted by molar-refractivity contribution is -0.120. The van der Waals surface area contributed by atoms with E-state index in [0.717, 1.165) is 11.3 Å². The van der Waals surface area contributed by atoms with Crippen LogP contribution in [0.25, 0.3) is 0 Å². The lowest BCUT2D eigenvalue weighted by atomic mass is 9.83. The van der Waals surface area contributed by atoms with Crippen molar-refractivity contribution >= 4 is 23.2 Å². The van der Waals surface area contributed by atoms with E-state index in [1.807, 2.05) is 63.2 Å². The number of nitrogens with one attached hydrogen (secondary N) is 2. The Morgan fingerprint density at radius 2 is 1.37 bits per heavy atom. The molecule has 0 aromatic heterocycles. The summed E-state index contributed by atoms with van der Waals surface area (Å²) in [5.74, 6) is 0.427. The molecule has 3 aromatic carbocycles. The SMILES string of the molecule is CCOc1ccc(NC(=O)c2ccc(NC(=O)C(C)(C)c3ccccc3)cc2)cc1. The Morgan fingerprint density at radius 1 is 0.800 bits per heavy atom. The summed E-state index contributed by atoms with van der Waals surface area (Å²) in [5.41, 5.74) is 2.09. The first-order valence-corrected chi connectivity index (χ1v) is 9.91. The predicted octanol–water partition coefficient (Wildman–Crippen LogP) is 5.25. The second-order valence-corrected chi connectivity index (χ2v) is 7.43. The lowest BCUT2D eigenvalue weighted by Gasteiger charge is -2.24. The van der Waals surface area contributed by atoms with Gasteiger partial charge in [0.1, 0.15) is 5.75 Å². The zero-order chi connectivity index (χ0) is 21.6. The summed E-state index contributed by atoms with van der Waals surface area (Å²) in [6.45, 7) is 6.29. The van der Waals surface area contributed by atoms with E-state index in [2.05, 4.69) is 10.6 Å². The van der Waals surface area contributed by atoms with E-state index in [4.69, 9.17) is 4.74 Å². The largest absolute Gasteiger partial charge is 0.494 e. The molecule has 2 N–H and O–H groups in total. The van der Waals surface area contributed by atoms with E-state index >= 15 is 0 Å². The number of benzene rings is 3. The van der Waals surface area contributed by atoms with E-state index in [-0.39, 0.29) is 11.8 Å². The molecule has 3 rings (SSSR count). The third kappa shape index (κ3) is 5.06. The highest BCUT2D eigenvalue weighted by molar-refractivity contribution is 6.05. The van der Waals surface area contributed by atoms with Gasteiger partial charge in [0.25, 0.3) is 5.91 Å². The van der Waals surface area contributed by atoms with E-state index in [1.54, 1.807) is 36.4 Å². The van der Waals surface area contributed by atoms with Crippen molar-refractivity contribution in [3.05, 3.63) is 90.0 Å². The molecule has 154 valence electrons. The van der Waals surface area contributed by atoms with Crippen LogP contribution in [-0.2, 0) is 10.2 Å². The van der Waals surface area contributed by atoms with Crippen LogP contribution >= 0.6 is 0 Å². The van der Waals surface area contributed by atoms with Gasteiger partial charge in [0.2, 0.25) is 5.91 Å². The normalized spacial score (nSPS) is 10.9. The molecule has 30 heavy (non-hydrogen) atoms. The van der Waals surface area contributed by atoms with E-state index in [9.17, 15) is 9.59 Å². The van der Waals surface area contributed by atoms with Gasteiger partial charge in [-0.3, -0.25) is 9.59 Å². The summed E-state index contributed by atoms with van der Waals surface area (Å²) >= 11 is 0. The number of carbonyl (C=O) groups excluding carboxylic acids is 2. The van der Waals surface area contributed by atoms with Crippen molar-refractivity contribution in [2.45, 2.75) is 26.2 Å². The Labute approximate surface area is 177 Å². The number of hydrogen-bond acceptors (Lipinski definition) is 3. The van der Waals surface area contributed by atoms with Gasteiger partial charge in [-0.1, -0.05) is 30.3 Å². The molecule has 5 nitrogen and oxygen atoms in total. The highest BCUT2D eigenvalue weighted by Crippen LogP contribution is 2.25. The number of hydrogen-bond donors (Lipinski definition) is 2. The van der Waals surface area contributed by atoms with E-state index < -0.39 is 5.41 Å². The summed E-state index contributed by atoms with van der Waals surface area (Å²) in [6.07, 6.45) is 0. The molecular weight excluding hydrogens is 376 g/mol. The maximum Gasteiger partial charge on any atom is 0.255 e. The van der Waals surface area contributed by atoms with Crippen LogP contribution in [0.1, 0.15) is 36.7 Å². The minimum Gasteiger partial charge on any atom is -0.494 e. The fraction of sp³-hybridized carbons (Fsp3) is 0.200. The fourth-order valence-electron chi connectivity index (χ4n) is 2.98. The number of amides is 2. The highest BCUT2D eigenvalue weighted by Gasteiger charge is 2.29. The van der Waals surface area contributed by atoms with Crippen molar-refractivity contribution in [2.75, 3.05) is 17.2 Å². The summed E-state index contributed by atoms with van der Waals surface area (Å²) < 4.78 is 5.40. The zero-order valence-electron chi connectivity index (χ0n) is 17.4. The van der Waals surface area contributed by atoms with Crippen molar-refractivity contribution in [2.24, 2.45) is 0 Å². The van der Waals surface area contributed by atoms with Crippen molar-refractivity contribution < 1.29 is 14.3 Å². The van der Waals surface area contributed by atoms with Crippen LogP contribution < -0.4 is 15.4 Å². The van der Waals surface area contributed by atoms with Crippen molar-refractivity contribution in [3.63, 3.8) is 0 Å². The number of ether oxygens (including phenoxy) is 1. The van der Waals surface area contributed by atoms with Gasteiger partial charge in [0.05, 0.1) is 12.0 Å². The van der Waals surface area contributed by atoms with Gasteiger partial charge in [-0.2, -0.15) is 0 Å². The quantitative estimate of drug-likeness (QED) is 0.567. The molecule has 0 heterocycles. The van der Waals surface area contributed by atoms with Gasteiger partial charge in [-0.25, -0.2) is 0 Å². The topological polar surface area (TPSA) is 67.4 Å². The molecule has 2 amide bonds. The van der Waals surface area contributed by atoms with Gasteiger partial charge >= 0.3 is 0 Å². The molecule has 0 bridgehead atoms. The highest BCUT2D eigenvalue weighted by atomic mass is 16.5. The molecule has 0 fully saturated rings. The average molecular weight is 402 g/mol. The first-order chi connectivity index (χ1) is 14.4. The molecule has 0 aliphatic rings. The molecule has 0 aliphatic carbocycles. The molecule has 0 saturated heterocycles. The predicted molar refractivity (Wildman–Crippen MR) is 120 cm³/mol. The fourth-order valence-corrected chi connectivity index (χ4v) is 2.98. The molecule has 0 radical (unpaired) electrons. The van der Waals surface area contributed by atoms with Crippen LogP contribution in [0.5, 0.6) is 5.75 Å². The molecule has 0 unspecified atom stereocenters. The van der Waals surface area contributed by atoms with Gasteiger partial charge in [0, 0.05) is 16.9 Å². The number of carbonyl (C=O) groups is 2. The van der Waals surface area contributed by atoms with Crippen molar-refractivity contribution in [3.8, 4) is 5.75 Å². The summed E-state index contributed by atoms with van der Waals surface area (Å²) in [5, 5.41) is 5.78. The van der Waals surface area contributed by atoms with Crippen molar-refractivity contribution in [1.29, 1.82) is 0 Å².